The number of hydrogen-bond donors (Lipinski definition) is 4. The Morgan fingerprint density at radius 3 is 2.83 bits per heavy atom. The molecule has 7 rings (SSSR count). The molecule has 2 atom stereocenters. The number of rotatable bonds is 7. The minimum absolute atomic E-state index is 0.0688. The number of hydrogen-bond acceptors (Lipinski definition) is 14. The van der Waals surface area contributed by atoms with Crippen molar-refractivity contribution >= 4 is 66.5 Å². The van der Waals surface area contributed by atoms with Crippen LogP contribution in [0.15, 0.2) is 33.9 Å². The molecule has 2 fully saturated rings. The molecule has 2 aliphatic rings. The molecule has 5 aromatic rings. The second-order valence-corrected chi connectivity index (χ2v) is 12.0. The number of nitrogens with two attached hydrogens (primary N) is 1. The average molecular weight is 610 g/mol. The van der Waals surface area contributed by atoms with Crippen molar-refractivity contribution in [3.63, 3.8) is 0 Å². The Labute approximate surface area is 246 Å². The van der Waals surface area contributed by atoms with E-state index in [9.17, 15) is 14.7 Å². The van der Waals surface area contributed by atoms with Crippen molar-refractivity contribution in [3.05, 3.63) is 40.5 Å². The van der Waals surface area contributed by atoms with Crippen LogP contribution in [-0.2, 0) is 4.74 Å². The quantitative estimate of drug-likeness (QED) is 0.212. The number of aliphatic hydroxyl groups excluding tert-OH is 1. The number of morpholine rings is 1. The summed E-state index contributed by atoms with van der Waals surface area (Å²) in [5, 5.41) is 26.5. The van der Waals surface area contributed by atoms with Crippen LogP contribution >= 0.6 is 22.9 Å². The molecule has 1 saturated heterocycles. The molecule has 14 nitrogen and oxygen atoms in total. The van der Waals surface area contributed by atoms with Crippen LogP contribution in [-0.4, -0.2) is 73.4 Å². The zero-order valence-corrected chi connectivity index (χ0v) is 23.9. The second kappa shape index (κ2) is 10.9. The number of furan rings is 1. The summed E-state index contributed by atoms with van der Waals surface area (Å²) in [5.41, 5.74) is 7.45. The summed E-state index contributed by atoms with van der Waals surface area (Å²) in [7, 11) is 0. The number of nitrogens with one attached hydrogen (secondary N) is 2. The Morgan fingerprint density at radius 1 is 1.19 bits per heavy atom. The van der Waals surface area contributed by atoms with E-state index in [1.165, 1.54) is 23.9 Å². The first kappa shape index (κ1) is 26.8. The number of aromatic nitrogens is 5. The maximum absolute atomic E-state index is 12.9. The number of anilines is 4. The fraction of sp³-hybridized carbons (Fsp3) is 0.385. The van der Waals surface area contributed by atoms with E-state index in [0.29, 0.717) is 59.6 Å². The van der Waals surface area contributed by atoms with E-state index in [-0.39, 0.29) is 34.1 Å². The molecule has 5 N–H and O–H groups in total. The predicted octanol–water partition coefficient (Wildman–Crippen LogP) is 2.81. The molecule has 1 saturated carbocycles. The summed E-state index contributed by atoms with van der Waals surface area (Å²) in [6.45, 7) is 2.64. The molecule has 0 spiro atoms. The van der Waals surface area contributed by atoms with Crippen LogP contribution in [0.5, 0.6) is 0 Å². The van der Waals surface area contributed by atoms with Crippen LogP contribution in [0, 0.1) is 0 Å². The van der Waals surface area contributed by atoms with Gasteiger partial charge in [0.1, 0.15) is 23.2 Å². The lowest BCUT2D eigenvalue weighted by atomic mass is 9.93. The molecule has 0 radical (unpaired) electrons. The molecule has 16 heteroatoms. The van der Waals surface area contributed by atoms with Crippen molar-refractivity contribution in [1.29, 1.82) is 0 Å². The van der Waals surface area contributed by atoms with Gasteiger partial charge in [0.05, 0.1) is 46.3 Å². The zero-order valence-electron chi connectivity index (χ0n) is 22.3. The molecule has 1 aliphatic carbocycles. The van der Waals surface area contributed by atoms with Crippen molar-refractivity contribution < 1.29 is 19.1 Å². The Morgan fingerprint density at radius 2 is 2.02 bits per heavy atom. The van der Waals surface area contributed by atoms with E-state index in [1.54, 1.807) is 16.5 Å². The highest BCUT2D eigenvalue weighted by Crippen LogP contribution is 2.38. The molecule has 0 bridgehead atoms. The summed E-state index contributed by atoms with van der Waals surface area (Å²) in [6.07, 6.45) is 5.89. The fourth-order valence-corrected chi connectivity index (χ4v) is 7.22. The van der Waals surface area contributed by atoms with Gasteiger partial charge in [-0.3, -0.25) is 14.0 Å². The third kappa shape index (κ3) is 4.85. The number of carbonyl (C=O) groups is 1. The Hall–Kier alpha value is -4.12. The molecule has 1 aliphatic heterocycles. The van der Waals surface area contributed by atoms with Crippen molar-refractivity contribution in [2.45, 2.75) is 37.8 Å². The highest BCUT2D eigenvalue weighted by molar-refractivity contribution is 7.22. The first-order valence-electron chi connectivity index (χ1n) is 13.6. The normalized spacial score (nSPS) is 19.4. The first-order valence-corrected chi connectivity index (χ1v) is 15.2. The van der Waals surface area contributed by atoms with Crippen LogP contribution in [0.3, 0.4) is 0 Å². The average Bonchev–Trinajstić information content (AvgIpc) is 3.75. The number of carbonyl (C=O) groups excluding carboxylic acids is 1. The van der Waals surface area contributed by atoms with Crippen molar-refractivity contribution in [2.24, 2.45) is 5.73 Å². The maximum Gasteiger partial charge on any atom is 0.256 e. The molecule has 6 heterocycles. The number of nitrogens with zero attached hydrogens (tertiary/aromatic N) is 6. The van der Waals surface area contributed by atoms with Gasteiger partial charge in [-0.05, 0) is 24.4 Å². The minimum atomic E-state index is -0.724. The van der Waals surface area contributed by atoms with E-state index in [1.807, 2.05) is 0 Å². The van der Waals surface area contributed by atoms with E-state index < -0.39 is 12.0 Å². The Balaban J connectivity index is 1.23. The molecule has 5 aromatic heterocycles. The maximum atomic E-state index is 12.9. The monoisotopic (exact) mass is 609 g/mol. The summed E-state index contributed by atoms with van der Waals surface area (Å²) in [6, 6.07) is 3.20. The summed E-state index contributed by atoms with van der Waals surface area (Å²) >= 11 is 2.64. The van der Waals surface area contributed by atoms with E-state index >= 15 is 0 Å². The van der Waals surface area contributed by atoms with Crippen LogP contribution < -0.4 is 26.7 Å². The molecule has 0 aromatic carbocycles. The highest BCUT2D eigenvalue weighted by Gasteiger charge is 2.27. The van der Waals surface area contributed by atoms with Gasteiger partial charge in [-0.15, -0.1) is 21.5 Å². The molecule has 42 heavy (non-hydrogen) atoms. The summed E-state index contributed by atoms with van der Waals surface area (Å²) in [4.78, 5) is 32.2. The van der Waals surface area contributed by atoms with Crippen molar-refractivity contribution in [2.75, 3.05) is 41.8 Å². The fourth-order valence-electron chi connectivity index (χ4n) is 5.37. The highest BCUT2D eigenvalue weighted by atomic mass is 32.1. The number of primary amides is 1. The second-order valence-electron chi connectivity index (χ2n) is 10.2. The zero-order chi connectivity index (χ0) is 28.8. The smallest absolute Gasteiger partial charge is 0.256 e. The molecular formula is C26H27N9O5S2. The SMILES string of the molecule is NC(=O)c1c(Nc2cc(-c3coc4c(=O)cc(N5CCOCC5)sc34)ns2)nc(N[C@@H]2CCCC[C@@H]2O)n2cnnc12. The Kier molecular flexibility index (Phi) is 6.97. The summed E-state index contributed by atoms with van der Waals surface area (Å²) < 4.78 is 18.0. The lowest BCUT2D eigenvalue weighted by Crippen LogP contribution is -2.37. The predicted molar refractivity (Wildman–Crippen MR) is 159 cm³/mol. The van der Waals surface area contributed by atoms with Crippen LogP contribution in [0.25, 0.3) is 27.2 Å². The number of ether oxygens (including phenoxy) is 1. The molecule has 218 valence electrons. The topological polar surface area (TPSA) is 186 Å². The van der Waals surface area contributed by atoms with Gasteiger partial charge in [0.2, 0.25) is 11.4 Å². The minimum Gasteiger partial charge on any atom is -0.459 e. The molecule has 0 unspecified atom stereocenters. The van der Waals surface area contributed by atoms with E-state index in [2.05, 4.69) is 35.1 Å². The Bertz CT molecular complexity index is 1840. The van der Waals surface area contributed by atoms with E-state index in [4.69, 9.17) is 14.9 Å². The van der Waals surface area contributed by atoms with E-state index in [0.717, 1.165) is 35.8 Å². The van der Waals surface area contributed by atoms with Gasteiger partial charge in [-0.25, -0.2) is 0 Å². The third-order valence-electron chi connectivity index (χ3n) is 7.53. The number of fused-ring (bicyclic) bond motifs is 2. The van der Waals surface area contributed by atoms with Crippen LogP contribution in [0.4, 0.5) is 21.8 Å². The van der Waals surface area contributed by atoms with Crippen LogP contribution in [0.2, 0.25) is 0 Å². The van der Waals surface area contributed by atoms with Crippen molar-refractivity contribution in [3.8, 4) is 11.3 Å². The third-order valence-corrected chi connectivity index (χ3v) is 9.42. The molecular weight excluding hydrogens is 582 g/mol. The van der Waals surface area contributed by atoms with Gasteiger partial charge in [0, 0.05) is 25.2 Å². The van der Waals surface area contributed by atoms with Crippen molar-refractivity contribution in [1.82, 2.24) is 24.0 Å². The summed E-state index contributed by atoms with van der Waals surface area (Å²) in [5.74, 6) is -0.167. The van der Waals surface area contributed by atoms with Gasteiger partial charge in [0.15, 0.2) is 17.0 Å². The van der Waals surface area contributed by atoms with Gasteiger partial charge in [-0.2, -0.15) is 9.36 Å². The van der Waals surface area contributed by atoms with Gasteiger partial charge in [-0.1, -0.05) is 12.8 Å². The van der Waals surface area contributed by atoms with Gasteiger partial charge < -0.3 is 35.5 Å². The number of aliphatic hydroxyl groups is 1. The lowest BCUT2D eigenvalue weighted by molar-refractivity contribution is 0.100. The largest absolute Gasteiger partial charge is 0.459 e. The van der Waals surface area contributed by atoms with Gasteiger partial charge in [0.25, 0.3) is 5.91 Å². The molecule has 1 amide bonds. The van der Waals surface area contributed by atoms with Gasteiger partial charge >= 0.3 is 0 Å². The standard InChI is InChI=1S/C26H27N9O5S2/c27-23(38)20-24(31-26(35-12-28-32-25(20)35)29-14-3-1-2-4-16(14)36)30-18-9-15(33-42-18)13-11-40-21-17(37)10-19(41-22(13)21)34-5-7-39-8-6-34/h9-12,14,16,30,36H,1-8H2,(H2,27,38)(H,29,31)/t14-,16+/m1/s1. The first-order chi connectivity index (χ1) is 20.5. The van der Waals surface area contributed by atoms with Crippen LogP contribution in [0.1, 0.15) is 36.0 Å². The lowest BCUT2D eigenvalue weighted by Gasteiger charge is -2.29. The number of amides is 1.